The van der Waals surface area contributed by atoms with Crippen molar-refractivity contribution in [1.29, 1.82) is 0 Å². The zero-order valence-electron chi connectivity index (χ0n) is 11.0. The molecule has 0 aliphatic rings. The number of imidazole rings is 1. The molecule has 2 rings (SSSR count). The van der Waals surface area contributed by atoms with Crippen LogP contribution >= 0.6 is 15.9 Å². The molecule has 4 nitrogen and oxygen atoms in total. The van der Waals surface area contributed by atoms with Crippen LogP contribution in [0.2, 0.25) is 0 Å². The molecule has 1 unspecified atom stereocenters. The van der Waals surface area contributed by atoms with Crippen LogP contribution in [0, 0.1) is 11.8 Å². The van der Waals surface area contributed by atoms with Crippen molar-refractivity contribution in [3.8, 4) is 0 Å². The van der Waals surface area contributed by atoms with E-state index >= 15 is 0 Å². The van der Waals surface area contributed by atoms with Gasteiger partial charge in [-0.25, -0.2) is 9.97 Å². The average molecular weight is 311 g/mol. The van der Waals surface area contributed by atoms with Crippen LogP contribution in [0.15, 0.2) is 23.2 Å². The first-order valence-electron chi connectivity index (χ1n) is 6.26. The Balaban J connectivity index is 2.01. The summed E-state index contributed by atoms with van der Waals surface area (Å²) in [4.78, 5) is 8.50. The maximum atomic E-state index is 4.33. The zero-order chi connectivity index (χ0) is 13.1. The van der Waals surface area contributed by atoms with Crippen LogP contribution in [0.4, 0.5) is 0 Å². The second-order valence-corrected chi connectivity index (χ2v) is 5.85. The van der Waals surface area contributed by atoms with E-state index in [2.05, 4.69) is 56.4 Å². The van der Waals surface area contributed by atoms with Crippen LogP contribution in [0.25, 0.3) is 5.65 Å². The first-order valence-corrected chi connectivity index (χ1v) is 7.05. The van der Waals surface area contributed by atoms with E-state index in [4.69, 9.17) is 0 Å². The molecule has 2 heterocycles. The summed E-state index contributed by atoms with van der Waals surface area (Å²) in [5.74, 6) is 1.38. The summed E-state index contributed by atoms with van der Waals surface area (Å²) in [5, 5.41) is 3.48. The monoisotopic (exact) mass is 310 g/mol. The van der Waals surface area contributed by atoms with Crippen LogP contribution in [-0.4, -0.2) is 20.9 Å². The first-order chi connectivity index (χ1) is 8.58. The Hall–Kier alpha value is -0.940. The molecule has 0 aliphatic carbocycles. The largest absolute Gasteiger partial charge is 0.311 e. The third-order valence-corrected chi connectivity index (χ3v) is 3.76. The van der Waals surface area contributed by atoms with Gasteiger partial charge in [0.15, 0.2) is 5.65 Å². The highest BCUT2D eigenvalue weighted by Gasteiger charge is 2.08. The average Bonchev–Trinajstić information content (AvgIpc) is 2.71. The van der Waals surface area contributed by atoms with Gasteiger partial charge in [-0.2, -0.15) is 0 Å². The van der Waals surface area contributed by atoms with Crippen LogP contribution in [0.5, 0.6) is 0 Å². The van der Waals surface area contributed by atoms with Gasteiger partial charge in [-0.05, 0) is 34.3 Å². The van der Waals surface area contributed by atoms with E-state index in [1.54, 1.807) is 6.20 Å². The van der Waals surface area contributed by atoms with E-state index in [1.165, 1.54) is 0 Å². The standard InChI is InChI=1S/C13H19BrN4/c1-9(2)10(3)4-15-5-11-6-17-13-7-16-12(14)8-18(11)13/h6-10,15H,4-5H2,1-3H3. The lowest BCUT2D eigenvalue weighted by molar-refractivity contribution is 0.391. The minimum Gasteiger partial charge on any atom is -0.311 e. The second kappa shape index (κ2) is 5.80. The Kier molecular flexibility index (Phi) is 4.35. The molecule has 0 radical (unpaired) electrons. The smallest absolute Gasteiger partial charge is 0.155 e. The second-order valence-electron chi connectivity index (χ2n) is 5.04. The predicted octanol–water partition coefficient (Wildman–Crippen LogP) is 2.87. The highest BCUT2D eigenvalue weighted by atomic mass is 79.9. The van der Waals surface area contributed by atoms with Gasteiger partial charge in [0, 0.05) is 12.7 Å². The minimum atomic E-state index is 0.678. The van der Waals surface area contributed by atoms with Crippen LogP contribution < -0.4 is 5.32 Å². The third-order valence-electron chi connectivity index (χ3n) is 3.35. The lowest BCUT2D eigenvalue weighted by Crippen LogP contribution is -2.24. The minimum absolute atomic E-state index is 0.678. The molecule has 0 bridgehead atoms. The van der Waals surface area contributed by atoms with Gasteiger partial charge in [-0.1, -0.05) is 20.8 Å². The number of halogens is 1. The molecule has 0 aromatic carbocycles. The van der Waals surface area contributed by atoms with Crippen LogP contribution in [0.1, 0.15) is 26.5 Å². The van der Waals surface area contributed by atoms with E-state index in [-0.39, 0.29) is 0 Å². The molecule has 0 fully saturated rings. The summed E-state index contributed by atoms with van der Waals surface area (Å²) in [7, 11) is 0. The number of hydrogen-bond acceptors (Lipinski definition) is 3. The summed E-state index contributed by atoms with van der Waals surface area (Å²) < 4.78 is 2.88. The fraction of sp³-hybridized carbons (Fsp3) is 0.538. The number of hydrogen-bond donors (Lipinski definition) is 1. The van der Waals surface area contributed by atoms with Crippen molar-refractivity contribution in [3.63, 3.8) is 0 Å². The SMILES string of the molecule is CC(C)C(C)CNCc1cnc2cnc(Br)cn12. The van der Waals surface area contributed by atoms with Crippen molar-refractivity contribution < 1.29 is 0 Å². The fourth-order valence-corrected chi connectivity index (χ4v) is 2.02. The lowest BCUT2D eigenvalue weighted by atomic mass is 9.98. The highest BCUT2D eigenvalue weighted by Crippen LogP contribution is 2.11. The molecule has 2 aromatic rings. The summed E-state index contributed by atoms with van der Waals surface area (Å²) in [6.07, 6.45) is 5.62. The Labute approximate surface area is 116 Å². The van der Waals surface area contributed by atoms with Crippen LogP contribution in [-0.2, 0) is 6.54 Å². The maximum Gasteiger partial charge on any atom is 0.155 e. The van der Waals surface area contributed by atoms with E-state index < -0.39 is 0 Å². The first kappa shape index (κ1) is 13.5. The molecule has 18 heavy (non-hydrogen) atoms. The van der Waals surface area contributed by atoms with Gasteiger partial charge >= 0.3 is 0 Å². The van der Waals surface area contributed by atoms with Crippen molar-refractivity contribution in [3.05, 3.63) is 28.9 Å². The Morgan fingerprint density at radius 2 is 2.06 bits per heavy atom. The normalized spacial score (nSPS) is 13.4. The van der Waals surface area contributed by atoms with Crippen molar-refractivity contribution in [2.45, 2.75) is 27.3 Å². The predicted molar refractivity (Wildman–Crippen MR) is 76.4 cm³/mol. The van der Waals surface area contributed by atoms with Gasteiger partial charge in [0.05, 0.1) is 18.1 Å². The number of nitrogens with zero attached hydrogens (tertiary/aromatic N) is 3. The number of fused-ring (bicyclic) bond motifs is 1. The molecule has 2 aromatic heterocycles. The molecular weight excluding hydrogens is 292 g/mol. The van der Waals surface area contributed by atoms with Crippen LogP contribution in [0.3, 0.4) is 0 Å². The summed E-state index contributed by atoms with van der Waals surface area (Å²) in [5.41, 5.74) is 2.04. The van der Waals surface area contributed by atoms with Gasteiger partial charge < -0.3 is 5.32 Å². The van der Waals surface area contributed by atoms with Crippen molar-refractivity contribution in [2.75, 3.05) is 6.54 Å². The third kappa shape index (κ3) is 3.09. The Morgan fingerprint density at radius 3 is 2.78 bits per heavy atom. The number of nitrogens with one attached hydrogen (secondary N) is 1. The molecule has 5 heteroatoms. The molecule has 0 aliphatic heterocycles. The summed E-state index contributed by atoms with van der Waals surface area (Å²) >= 11 is 3.38. The lowest BCUT2D eigenvalue weighted by Gasteiger charge is -2.15. The van der Waals surface area contributed by atoms with Gasteiger partial charge in [0.25, 0.3) is 0 Å². The van der Waals surface area contributed by atoms with E-state index in [0.717, 1.165) is 29.0 Å². The Morgan fingerprint density at radius 1 is 1.28 bits per heavy atom. The molecule has 0 saturated carbocycles. The Bertz CT molecular complexity index is 521. The summed E-state index contributed by atoms with van der Waals surface area (Å²) in [6.45, 7) is 8.63. The number of aromatic nitrogens is 3. The molecule has 98 valence electrons. The van der Waals surface area contributed by atoms with E-state index in [0.29, 0.717) is 11.8 Å². The van der Waals surface area contributed by atoms with E-state index in [1.807, 2.05) is 12.4 Å². The molecular formula is C13H19BrN4. The zero-order valence-corrected chi connectivity index (χ0v) is 12.6. The topological polar surface area (TPSA) is 42.2 Å². The summed E-state index contributed by atoms with van der Waals surface area (Å²) in [6, 6.07) is 0. The van der Waals surface area contributed by atoms with Gasteiger partial charge in [-0.3, -0.25) is 4.40 Å². The molecule has 0 saturated heterocycles. The van der Waals surface area contributed by atoms with E-state index in [9.17, 15) is 0 Å². The van der Waals surface area contributed by atoms with Gasteiger partial charge in [0.2, 0.25) is 0 Å². The van der Waals surface area contributed by atoms with Gasteiger partial charge in [0.1, 0.15) is 4.60 Å². The van der Waals surface area contributed by atoms with Crippen molar-refractivity contribution in [1.82, 2.24) is 19.7 Å². The quantitative estimate of drug-likeness (QED) is 0.923. The maximum absolute atomic E-state index is 4.33. The molecule has 1 atom stereocenters. The highest BCUT2D eigenvalue weighted by molar-refractivity contribution is 9.10. The van der Waals surface area contributed by atoms with Crippen molar-refractivity contribution in [2.24, 2.45) is 11.8 Å². The fourth-order valence-electron chi connectivity index (χ4n) is 1.71. The van der Waals surface area contributed by atoms with Crippen molar-refractivity contribution >= 4 is 21.6 Å². The number of rotatable bonds is 5. The molecule has 0 amide bonds. The van der Waals surface area contributed by atoms with Gasteiger partial charge in [-0.15, -0.1) is 0 Å². The molecule has 0 spiro atoms. The molecule has 1 N–H and O–H groups in total.